The normalized spacial score (nSPS) is 10.3. The molecular formula is C17H21N2O2+. The van der Waals surface area contributed by atoms with Gasteiger partial charge in [-0.05, 0) is 31.0 Å². The van der Waals surface area contributed by atoms with Gasteiger partial charge >= 0.3 is 0 Å². The lowest BCUT2D eigenvalue weighted by Crippen LogP contribution is -2.32. The third-order valence-electron chi connectivity index (χ3n) is 3.27. The predicted molar refractivity (Wildman–Crippen MR) is 82.0 cm³/mol. The minimum Gasteiger partial charge on any atom is -0.506 e. The van der Waals surface area contributed by atoms with Crippen LogP contribution in [0.25, 0.3) is 0 Å². The number of carbonyl (C=O) groups excluding carboxylic acids is 1. The first kappa shape index (κ1) is 15.0. The van der Waals surface area contributed by atoms with Crippen molar-refractivity contribution >= 4 is 11.6 Å². The van der Waals surface area contributed by atoms with Crippen LogP contribution in [0.2, 0.25) is 0 Å². The number of phenols is 1. The topological polar surface area (TPSA) is 53.2 Å². The van der Waals surface area contributed by atoms with Gasteiger partial charge in [-0.3, -0.25) is 4.79 Å². The summed E-state index contributed by atoms with van der Waals surface area (Å²) in [6, 6.07) is 11.2. The van der Waals surface area contributed by atoms with Crippen molar-refractivity contribution in [2.45, 2.75) is 32.7 Å². The van der Waals surface area contributed by atoms with Crippen LogP contribution in [0.5, 0.6) is 5.75 Å². The lowest BCUT2D eigenvalue weighted by atomic mass is 10.2. The van der Waals surface area contributed by atoms with E-state index in [4.69, 9.17) is 0 Å². The van der Waals surface area contributed by atoms with E-state index < -0.39 is 0 Å². The summed E-state index contributed by atoms with van der Waals surface area (Å²) < 4.78 is 2.10. The van der Waals surface area contributed by atoms with Crippen molar-refractivity contribution in [2.75, 3.05) is 5.32 Å². The molecule has 0 saturated carbocycles. The first-order valence-corrected chi connectivity index (χ1v) is 7.19. The number of anilines is 1. The first-order chi connectivity index (χ1) is 10.1. The van der Waals surface area contributed by atoms with E-state index in [1.54, 1.807) is 12.1 Å². The predicted octanol–water partition coefficient (Wildman–Crippen LogP) is 2.80. The number of hydrogen-bond donors (Lipinski definition) is 2. The van der Waals surface area contributed by atoms with Gasteiger partial charge in [0.1, 0.15) is 12.3 Å². The van der Waals surface area contributed by atoms with Gasteiger partial charge in [-0.1, -0.05) is 12.1 Å². The second kappa shape index (κ2) is 7.43. The molecule has 0 spiro atoms. The number of aromatic hydroxyl groups is 1. The fourth-order valence-electron chi connectivity index (χ4n) is 2.12. The number of aromatic nitrogens is 1. The Balaban J connectivity index is 1.72. The monoisotopic (exact) mass is 285 g/mol. The zero-order valence-electron chi connectivity index (χ0n) is 12.2. The number of hydrogen-bond acceptors (Lipinski definition) is 2. The van der Waals surface area contributed by atoms with Gasteiger partial charge < -0.3 is 10.4 Å². The molecule has 2 rings (SSSR count). The first-order valence-electron chi connectivity index (χ1n) is 7.19. The van der Waals surface area contributed by atoms with E-state index in [2.05, 4.69) is 9.88 Å². The summed E-state index contributed by atoms with van der Waals surface area (Å²) in [6.45, 7) is 2.80. The minimum atomic E-state index is -0.0628. The van der Waals surface area contributed by atoms with Gasteiger partial charge in [0.05, 0.1) is 5.69 Å². The molecule has 0 fully saturated rings. The largest absolute Gasteiger partial charge is 0.506 e. The van der Waals surface area contributed by atoms with Gasteiger partial charge in [0.15, 0.2) is 12.4 Å². The van der Waals surface area contributed by atoms with E-state index in [-0.39, 0.29) is 11.7 Å². The fourth-order valence-corrected chi connectivity index (χ4v) is 2.12. The minimum absolute atomic E-state index is 0.0628. The van der Waals surface area contributed by atoms with Gasteiger partial charge in [-0.2, -0.15) is 0 Å². The average molecular weight is 285 g/mol. The number of aryl methyl sites for hydroxylation is 2. The lowest BCUT2D eigenvalue weighted by molar-refractivity contribution is -0.697. The molecule has 0 aliphatic carbocycles. The summed E-state index contributed by atoms with van der Waals surface area (Å²) in [7, 11) is 0. The Morgan fingerprint density at radius 3 is 2.67 bits per heavy atom. The summed E-state index contributed by atoms with van der Waals surface area (Å²) in [6.07, 6.45) is 6.26. The van der Waals surface area contributed by atoms with Crippen LogP contribution in [0.3, 0.4) is 0 Å². The average Bonchev–Trinajstić information content (AvgIpc) is 2.48. The summed E-state index contributed by atoms with van der Waals surface area (Å²) in [5, 5.41) is 12.5. The number of carbonyl (C=O) groups is 1. The van der Waals surface area contributed by atoms with E-state index in [1.165, 1.54) is 0 Å². The maximum Gasteiger partial charge on any atom is 0.224 e. The van der Waals surface area contributed by atoms with E-state index in [9.17, 15) is 9.90 Å². The zero-order chi connectivity index (χ0) is 15.1. The number of pyridine rings is 1. The SMILES string of the molecule is Cc1ccc(NC(=O)CCCC[n+]2ccccc2)c(O)c1. The highest BCUT2D eigenvalue weighted by Crippen LogP contribution is 2.23. The summed E-state index contributed by atoms with van der Waals surface area (Å²) in [5.41, 5.74) is 1.44. The van der Waals surface area contributed by atoms with E-state index in [0.29, 0.717) is 12.1 Å². The highest BCUT2D eigenvalue weighted by Gasteiger charge is 2.07. The molecule has 4 heteroatoms. The maximum absolute atomic E-state index is 11.8. The van der Waals surface area contributed by atoms with Crippen LogP contribution < -0.4 is 9.88 Å². The third-order valence-corrected chi connectivity index (χ3v) is 3.27. The van der Waals surface area contributed by atoms with Gasteiger partial charge in [0.25, 0.3) is 0 Å². The quantitative estimate of drug-likeness (QED) is 0.487. The number of amides is 1. The van der Waals surface area contributed by atoms with Crippen molar-refractivity contribution in [2.24, 2.45) is 0 Å². The Bertz CT molecular complexity index is 597. The molecule has 2 aromatic rings. The third kappa shape index (κ3) is 4.91. The molecule has 110 valence electrons. The van der Waals surface area contributed by atoms with Gasteiger partial charge in [0, 0.05) is 25.0 Å². The summed E-state index contributed by atoms with van der Waals surface area (Å²) in [5.74, 6) is 0.0513. The molecule has 1 heterocycles. The molecule has 1 aromatic carbocycles. The summed E-state index contributed by atoms with van der Waals surface area (Å²) >= 11 is 0. The van der Waals surface area contributed by atoms with Crippen molar-refractivity contribution in [3.63, 3.8) is 0 Å². The molecule has 2 N–H and O–H groups in total. The molecule has 1 amide bonds. The van der Waals surface area contributed by atoms with Crippen molar-refractivity contribution in [1.82, 2.24) is 0 Å². The molecule has 1 aromatic heterocycles. The fraction of sp³-hybridized carbons (Fsp3) is 0.294. The number of rotatable bonds is 6. The van der Waals surface area contributed by atoms with Crippen molar-refractivity contribution in [1.29, 1.82) is 0 Å². The van der Waals surface area contributed by atoms with Gasteiger partial charge in [0.2, 0.25) is 5.91 Å². The number of nitrogens with zero attached hydrogens (tertiary/aromatic N) is 1. The van der Waals surface area contributed by atoms with Crippen molar-refractivity contribution in [3.05, 3.63) is 54.4 Å². The molecule has 4 nitrogen and oxygen atoms in total. The number of benzene rings is 1. The Morgan fingerprint density at radius 2 is 1.95 bits per heavy atom. The van der Waals surface area contributed by atoms with Crippen LogP contribution in [0, 0.1) is 6.92 Å². The van der Waals surface area contributed by atoms with Crippen LogP contribution in [0.4, 0.5) is 5.69 Å². The second-order valence-electron chi connectivity index (χ2n) is 5.14. The Kier molecular flexibility index (Phi) is 5.32. The Labute approximate surface area is 125 Å². The van der Waals surface area contributed by atoms with Gasteiger partial charge in [-0.25, -0.2) is 4.57 Å². The van der Waals surface area contributed by atoms with Crippen LogP contribution in [0.1, 0.15) is 24.8 Å². The smallest absolute Gasteiger partial charge is 0.224 e. The molecule has 0 unspecified atom stereocenters. The maximum atomic E-state index is 11.8. The van der Waals surface area contributed by atoms with E-state index in [1.807, 2.05) is 43.6 Å². The van der Waals surface area contributed by atoms with Crippen LogP contribution in [-0.4, -0.2) is 11.0 Å². The Morgan fingerprint density at radius 1 is 1.19 bits per heavy atom. The summed E-state index contributed by atoms with van der Waals surface area (Å²) in [4.78, 5) is 11.8. The second-order valence-corrected chi connectivity index (χ2v) is 5.14. The van der Waals surface area contributed by atoms with E-state index >= 15 is 0 Å². The standard InChI is InChI=1S/C17H20N2O2/c1-14-8-9-15(16(20)13-14)18-17(21)7-3-6-12-19-10-4-2-5-11-19/h2,4-5,8-11,13H,3,6-7,12H2,1H3,(H-,18,20,21)/p+1. The van der Waals surface area contributed by atoms with Crippen molar-refractivity contribution < 1.29 is 14.5 Å². The molecule has 0 radical (unpaired) electrons. The van der Waals surface area contributed by atoms with Crippen molar-refractivity contribution in [3.8, 4) is 5.75 Å². The highest BCUT2D eigenvalue weighted by molar-refractivity contribution is 5.92. The lowest BCUT2D eigenvalue weighted by Gasteiger charge is -2.07. The molecule has 21 heavy (non-hydrogen) atoms. The Hall–Kier alpha value is -2.36. The highest BCUT2D eigenvalue weighted by atomic mass is 16.3. The van der Waals surface area contributed by atoms with Crippen LogP contribution >= 0.6 is 0 Å². The number of nitrogens with one attached hydrogen (secondary N) is 1. The molecule has 0 bridgehead atoms. The molecule has 0 aliphatic rings. The number of phenolic OH excluding ortho intramolecular Hbond substituents is 1. The number of unbranched alkanes of at least 4 members (excludes halogenated alkanes) is 1. The molecule has 0 aliphatic heterocycles. The molecule has 0 saturated heterocycles. The van der Waals surface area contributed by atoms with Crippen LogP contribution in [0.15, 0.2) is 48.8 Å². The van der Waals surface area contributed by atoms with E-state index in [0.717, 1.165) is 24.9 Å². The molecular weight excluding hydrogens is 264 g/mol. The van der Waals surface area contributed by atoms with Gasteiger partial charge in [-0.15, -0.1) is 0 Å². The van der Waals surface area contributed by atoms with Crippen LogP contribution in [-0.2, 0) is 11.3 Å². The zero-order valence-corrected chi connectivity index (χ0v) is 12.2. The molecule has 0 atom stereocenters.